The quantitative estimate of drug-likeness (QED) is 0.662. The highest BCUT2D eigenvalue weighted by Crippen LogP contribution is 2.06. The average Bonchev–Trinajstić information content (AvgIpc) is 2.75. The molecule has 1 atom stereocenters. The number of amides is 1. The number of hydrogen-bond acceptors (Lipinski definition) is 5. The van der Waals surface area contributed by atoms with Gasteiger partial charge in [0.1, 0.15) is 12.4 Å². The molecule has 0 fully saturated rings. The van der Waals surface area contributed by atoms with Crippen molar-refractivity contribution in [3.8, 4) is 0 Å². The van der Waals surface area contributed by atoms with Crippen molar-refractivity contribution in [2.75, 3.05) is 21.2 Å². The van der Waals surface area contributed by atoms with Crippen LogP contribution in [-0.2, 0) is 9.53 Å². The van der Waals surface area contributed by atoms with Gasteiger partial charge in [0, 0.05) is 14.1 Å². The molecule has 1 rings (SSSR count). The highest BCUT2D eigenvalue weighted by molar-refractivity contribution is 5.85. The Hall–Kier alpha value is -1.92. The number of carbonyl (C=O) groups excluding carboxylic acids is 2. The Bertz CT molecular complexity index is 399. The molecule has 7 heteroatoms. The summed E-state index contributed by atoms with van der Waals surface area (Å²) in [6.45, 7) is 1.68. The fourth-order valence-corrected chi connectivity index (χ4v) is 1.13. The van der Waals surface area contributed by atoms with E-state index in [0.29, 0.717) is 0 Å². The Labute approximate surface area is 93.0 Å². The molecule has 0 N–H and O–H groups in total. The first-order valence-electron chi connectivity index (χ1n) is 4.68. The molecule has 1 amide bonds. The van der Waals surface area contributed by atoms with Crippen molar-refractivity contribution in [1.82, 2.24) is 19.7 Å². The summed E-state index contributed by atoms with van der Waals surface area (Å²) >= 11 is 0. The van der Waals surface area contributed by atoms with Crippen LogP contribution in [0.25, 0.3) is 0 Å². The van der Waals surface area contributed by atoms with Crippen LogP contribution in [0.15, 0.2) is 6.33 Å². The van der Waals surface area contributed by atoms with E-state index in [9.17, 15) is 9.59 Å². The van der Waals surface area contributed by atoms with E-state index in [1.54, 1.807) is 21.0 Å². The van der Waals surface area contributed by atoms with E-state index in [2.05, 4.69) is 14.8 Å². The van der Waals surface area contributed by atoms with Gasteiger partial charge in [0.2, 0.25) is 5.91 Å². The maximum absolute atomic E-state index is 11.6. The number of ether oxygens (including phenoxy) is 1. The Morgan fingerprint density at radius 3 is 2.62 bits per heavy atom. The van der Waals surface area contributed by atoms with Crippen LogP contribution in [0.1, 0.15) is 23.6 Å². The molecule has 16 heavy (non-hydrogen) atoms. The van der Waals surface area contributed by atoms with Gasteiger partial charge in [-0.15, -0.1) is 5.10 Å². The molecule has 1 aromatic heterocycles. The lowest BCUT2D eigenvalue weighted by Crippen LogP contribution is -2.30. The minimum Gasteiger partial charge on any atom is -0.463 e. The molecule has 0 saturated carbocycles. The zero-order chi connectivity index (χ0) is 12.3. The lowest BCUT2D eigenvalue weighted by molar-refractivity contribution is -0.132. The summed E-state index contributed by atoms with van der Waals surface area (Å²) in [5, 5.41) is 3.87. The largest absolute Gasteiger partial charge is 0.463 e. The first-order chi connectivity index (χ1) is 7.47. The number of carbonyl (C=O) groups is 2. The van der Waals surface area contributed by atoms with E-state index in [0.717, 1.165) is 0 Å². The second-order valence-electron chi connectivity index (χ2n) is 3.45. The van der Waals surface area contributed by atoms with Crippen LogP contribution in [0.3, 0.4) is 0 Å². The van der Waals surface area contributed by atoms with Crippen molar-refractivity contribution in [3.05, 3.63) is 12.2 Å². The van der Waals surface area contributed by atoms with Gasteiger partial charge in [-0.3, -0.25) is 4.79 Å². The SMILES string of the molecule is COC(=O)c1ncn(C(C)C(=O)N(C)C)n1. The van der Waals surface area contributed by atoms with E-state index in [1.165, 1.54) is 23.0 Å². The molecule has 0 radical (unpaired) electrons. The van der Waals surface area contributed by atoms with Crippen molar-refractivity contribution in [2.24, 2.45) is 0 Å². The molecule has 0 aliphatic heterocycles. The van der Waals surface area contributed by atoms with E-state index >= 15 is 0 Å². The van der Waals surface area contributed by atoms with E-state index in [1.807, 2.05) is 0 Å². The second-order valence-corrected chi connectivity index (χ2v) is 3.45. The fraction of sp³-hybridized carbons (Fsp3) is 0.556. The zero-order valence-corrected chi connectivity index (χ0v) is 9.67. The number of likely N-dealkylation sites (N-methyl/N-ethyl adjacent to an activating group) is 1. The third kappa shape index (κ3) is 2.36. The van der Waals surface area contributed by atoms with Gasteiger partial charge in [-0.2, -0.15) is 0 Å². The maximum Gasteiger partial charge on any atom is 0.377 e. The third-order valence-electron chi connectivity index (χ3n) is 2.07. The van der Waals surface area contributed by atoms with E-state index in [-0.39, 0.29) is 11.7 Å². The van der Waals surface area contributed by atoms with Gasteiger partial charge in [-0.25, -0.2) is 14.5 Å². The highest BCUT2D eigenvalue weighted by Gasteiger charge is 2.20. The molecular weight excluding hydrogens is 212 g/mol. The van der Waals surface area contributed by atoms with E-state index in [4.69, 9.17) is 0 Å². The maximum atomic E-state index is 11.6. The van der Waals surface area contributed by atoms with Crippen molar-refractivity contribution in [2.45, 2.75) is 13.0 Å². The summed E-state index contributed by atoms with van der Waals surface area (Å²) in [6.07, 6.45) is 1.33. The third-order valence-corrected chi connectivity index (χ3v) is 2.07. The minimum absolute atomic E-state index is 0.0547. The highest BCUT2D eigenvalue weighted by atomic mass is 16.5. The lowest BCUT2D eigenvalue weighted by atomic mass is 10.3. The van der Waals surface area contributed by atoms with Crippen LogP contribution in [0.5, 0.6) is 0 Å². The summed E-state index contributed by atoms with van der Waals surface area (Å²) in [4.78, 5) is 27.9. The molecule has 0 saturated heterocycles. The molecule has 0 spiro atoms. The molecule has 1 aromatic rings. The molecule has 88 valence electrons. The van der Waals surface area contributed by atoms with E-state index < -0.39 is 12.0 Å². The molecule has 1 unspecified atom stereocenters. The van der Waals surface area contributed by atoms with Crippen LogP contribution in [0, 0.1) is 0 Å². The first kappa shape index (κ1) is 12.2. The number of rotatable bonds is 3. The van der Waals surface area contributed by atoms with Gasteiger partial charge in [0.05, 0.1) is 7.11 Å². The molecule has 1 heterocycles. The number of esters is 1. The van der Waals surface area contributed by atoms with Crippen molar-refractivity contribution < 1.29 is 14.3 Å². The lowest BCUT2D eigenvalue weighted by Gasteiger charge is -2.16. The minimum atomic E-state index is -0.622. The molecule has 0 aliphatic rings. The van der Waals surface area contributed by atoms with Gasteiger partial charge in [0.15, 0.2) is 0 Å². The van der Waals surface area contributed by atoms with Crippen LogP contribution in [0.4, 0.5) is 0 Å². The molecule has 0 aromatic carbocycles. The van der Waals surface area contributed by atoms with Gasteiger partial charge >= 0.3 is 5.97 Å². The van der Waals surface area contributed by atoms with Crippen LogP contribution >= 0.6 is 0 Å². The molecule has 0 aliphatic carbocycles. The first-order valence-corrected chi connectivity index (χ1v) is 4.68. The molecular formula is C9H14N4O3. The number of aromatic nitrogens is 3. The second kappa shape index (κ2) is 4.73. The Kier molecular flexibility index (Phi) is 3.60. The summed E-state index contributed by atoms with van der Waals surface area (Å²) in [5.74, 6) is -0.800. The molecule has 7 nitrogen and oxygen atoms in total. The number of hydrogen-bond donors (Lipinski definition) is 0. The van der Waals surface area contributed by atoms with Gasteiger partial charge < -0.3 is 9.64 Å². The van der Waals surface area contributed by atoms with Crippen molar-refractivity contribution in [1.29, 1.82) is 0 Å². The summed E-state index contributed by atoms with van der Waals surface area (Å²) < 4.78 is 5.79. The molecule has 0 bridgehead atoms. The van der Waals surface area contributed by atoms with Gasteiger partial charge in [-0.05, 0) is 6.92 Å². The predicted molar refractivity (Wildman–Crippen MR) is 54.8 cm³/mol. The van der Waals surface area contributed by atoms with Crippen LogP contribution < -0.4 is 0 Å². The van der Waals surface area contributed by atoms with Gasteiger partial charge in [-0.1, -0.05) is 0 Å². The number of methoxy groups -OCH3 is 1. The van der Waals surface area contributed by atoms with Crippen molar-refractivity contribution >= 4 is 11.9 Å². The Morgan fingerprint density at radius 2 is 2.12 bits per heavy atom. The smallest absolute Gasteiger partial charge is 0.377 e. The monoisotopic (exact) mass is 226 g/mol. The average molecular weight is 226 g/mol. The van der Waals surface area contributed by atoms with Crippen LogP contribution in [-0.4, -0.2) is 52.7 Å². The fourth-order valence-electron chi connectivity index (χ4n) is 1.13. The van der Waals surface area contributed by atoms with Crippen molar-refractivity contribution in [3.63, 3.8) is 0 Å². The zero-order valence-electron chi connectivity index (χ0n) is 9.67. The standard InChI is InChI=1S/C9H14N4O3/c1-6(8(14)12(2)3)13-5-10-7(11-13)9(15)16-4/h5-6H,1-4H3. The van der Waals surface area contributed by atoms with Gasteiger partial charge in [0.25, 0.3) is 5.82 Å². The van der Waals surface area contributed by atoms with Crippen LogP contribution in [0.2, 0.25) is 0 Å². The number of nitrogens with zero attached hydrogens (tertiary/aromatic N) is 4. The predicted octanol–water partition coefficient (Wildman–Crippen LogP) is -0.286. The summed E-state index contributed by atoms with van der Waals surface area (Å²) in [5.41, 5.74) is 0. The summed E-state index contributed by atoms with van der Waals surface area (Å²) in [6, 6.07) is -0.499. The summed E-state index contributed by atoms with van der Waals surface area (Å²) in [7, 11) is 4.55. The normalized spacial score (nSPS) is 12.0. The topological polar surface area (TPSA) is 77.3 Å². The Morgan fingerprint density at radius 1 is 1.50 bits per heavy atom. The Balaban J connectivity index is 2.86.